The van der Waals surface area contributed by atoms with Crippen molar-refractivity contribution in [2.45, 2.75) is 38.6 Å². The summed E-state index contributed by atoms with van der Waals surface area (Å²) in [5.41, 5.74) is 4.40. The first-order valence-electron chi connectivity index (χ1n) is 16.1. The monoisotopic (exact) mass is 609 g/mol. The first-order valence-corrected chi connectivity index (χ1v) is 16.1. The average Bonchev–Trinajstić information content (AvgIpc) is 3.77. The molecule has 2 fully saturated rings. The van der Waals surface area contributed by atoms with Crippen LogP contribution in [0.25, 0.3) is 10.9 Å². The van der Waals surface area contributed by atoms with E-state index in [0.717, 1.165) is 35.4 Å². The highest BCUT2D eigenvalue weighted by Crippen LogP contribution is 2.30. The van der Waals surface area contributed by atoms with Crippen molar-refractivity contribution in [3.63, 3.8) is 0 Å². The Labute approximate surface area is 265 Å². The number of rotatable bonds is 10. The van der Waals surface area contributed by atoms with E-state index in [-0.39, 0.29) is 11.9 Å². The highest BCUT2D eigenvalue weighted by molar-refractivity contribution is 6.04. The smallest absolute Gasteiger partial charge is 0.325 e. The number of carbonyl (C=O) groups excluding carboxylic acids is 2. The van der Waals surface area contributed by atoms with Gasteiger partial charge >= 0.3 is 6.03 Å². The lowest BCUT2D eigenvalue weighted by atomic mass is 10.0. The molecule has 0 spiro atoms. The number of carbonyl (C=O) groups is 2. The predicted octanol–water partition coefficient (Wildman–Crippen LogP) is 5.72. The Morgan fingerprint density at radius 2 is 1.71 bits per heavy atom. The molecule has 0 radical (unpaired) electrons. The molecule has 0 atom stereocenters. The molecule has 0 bridgehead atoms. The van der Waals surface area contributed by atoms with Crippen molar-refractivity contribution >= 4 is 45.7 Å². The van der Waals surface area contributed by atoms with Crippen LogP contribution < -0.4 is 20.4 Å². The van der Waals surface area contributed by atoms with E-state index in [9.17, 15) is 9.59 Å². The van der Waals surface area contributed by atoms with Crippen LogP contribution in [0.2, 0.25) is 0 Å². The van der Waals surface area contributed by atoms with Gasteiger partial charge in [-0.1, -0.05) is 0 Å². The summed E-state index contributed by atoms with van der Waals surface area (Å²) in [6, 6.07) is 20.1. The Bertz CT molecular complexity index is 1610. The summed E-state index contributed by atoms with van der Waals surface area (Å²) in [4.78, 5) is 37.2. The highest BCUT2D eigenvalue weighted by atomic mass is 16.5. The summed E-state index contributed by atoms with van der Waals surface area (Å²) in [7, 11) is 1.62. The third-order valence-corrected chi connectivity index (χ3v) is 8.99. The standard InChI is InChI=1S/C35H43N7O3/c1-3-45-23-22-41(30-10-11-32-27(24-30)13-21-42(32)35(44)36-2)31-12-16-37-33(25-31)38-34(43)26-6-8-28(9-7-26)40-19-14-29(15-20-40)39-17-4-5-18-39/h6-13,16,21,24-25,29H,3-5,14-15,17-20,22-23H2,1-2H3,(H,36,44)(H,37,38,43). The number of hydrogen-bond donors (Lipinski definition) is 2. The summed E-state index contributed by atoms with van der Waals surface area (Å²) in [6.45, 7) is 8.33. The molecule has 0 saturated carbocycles. The minimum Gasteiger partial charge on any atom is -0.380 e. The SMILES string of the molecule is CCOCCN(c1ccnc(NC(=O)c2ccc(N3CCC(N4CCCC4)CC3)cc2)c1)c1ccc2c(ccn2C(=O)NC)c1. The zero-order valence-electron chi connectivity index (χ0n) is 26.2. The number of aromatic nitrogens is 2. The number of hydrogen-bond acceptors (Lipinski definition) is 7. The van der Waals surface area contributed by atoms with E-state index in [1.54, 1.807) is 24.0 Å². The molecular weight excluding hydrogens is 566 g/mol. The van der Waals surface area contributed by atoms with E-state index in [1.165, 1.54) is 44.5 Å². The van der Waals surface area contributed by atoms with E-state index in [4.69, 9.17) is 4.74 Å². The van der Waals surface area contributed by atoms with E-state index < -0.39 is 0 Å². The van der Waals surface area contributed by atoms with Crippen LogP contribution in [0.3, 0.4) is 0 Å². The van der Waals surface area contributed by atoms with Crippen LogP contribution in [-0.2, 0) is 4.74 Å². The predicted molar refractivity (Wildman–Crippen MR) is 180 cm³/mol. The third-order valence-electron chi connectivity index (χ3n) is 8.99. The molecule has 2 saturated heterocycles. The van der Waals surface area contributed by atoms with Crippen molar-refractivity contribution in [1.29, 1.82) is 0 Å². The molecule has 4 aromatic rings. The van der Waals surface area contributed by atoms with Gasteiger partial charge in [0.05, 0.1) is 12.1 Å². The fourth-order valence-electron chi connectivity index (χ4n) is 6.57. The van der Waals surface area contributed by atoms with Crippen molar-refractivity contribution in [2.24, 2.45) is 0 Å². The lowest BCUT2D eigenvalue weighted by Gasteiger charge is -2.37. The minimum atomic E-state index is -0.197. The van der Waals surface area contributed by atoms with Gasteiger partial charge < -0.3 is 30.1 Å². The molecule has 10 nitrogen and oxygen atoms in total. The quantitative estimate of drug-likeness (QED) is 0.222. The molecule has 10 heteroatoms. The number of piperidine rings is 1. The molecule has 2 aliphatic heterocycles. The molecule has 2 aromatic heterocycles. The number of anilines is 4. The van der Waals surface area contributed by atoms with Crippen molar-refractivity contribution in [3.8, 4) is 0 Å². The zero-order chi connectivity index (χ0) is 31.2. The van der Waals surface area contributed by atoms with Gasteiger partial charge in [0.25, 0.3) is 5.91 Å². The van der Waals surface area contributed by atoms with Gasteiger partial charge in [-0.15, -0.1) is 0 Å². The summed E-state index contributed by atoms with van der Waals surface area (Å²) in [5.74, 6) is 0.274. The van der Waals surface area contributed by atoms with Crippen LogP contribution >= 0.6 is 0 Å². The maximum absolute atomic E-state index is 13.2. The van der Waals surface area contributed by atoms with E-state index in [1.807, 2.05) is 49.4 Å². The molecule has 45 heavy (non-hydrogen) atoms. The van der Waals surface area contributed by atoms with Gasteiger partial charge in [-0.25, -0.2) is 9.78 Å². The largest absolute Gasteiger partial charge is 0.380 e. The van der Waals surface area contributed by atoms with Crippen LogP contribution in [0.1, 0.15) is 43.0 Å². The van der Waals surface area contributed by atoms with Crippen LogP contribution in [0.5, 0.6) is 0 Å². The first kappa shape index (κ1) is 30.6. The number of nitrogens with zero attached hydrogens (tertiary/aromatic N) is 5. The highest BCUT2D eigenvalue weighted by Gasteiger charge is 2.26. The van der Waals surface area contributed by atoms with E-state index >= 15 is 0 Å². The van der Waals surface area contributed by atoms with Gasteiger partial charge in [-0.3, -0.25) is 9.36 Å². The van der Waals surface area contributed by atoms with Crippen molar-refractivity contribution in [3.05, 3.63) is 78.6 Å². The molecule has 236 valence electrons. The molecule has 2 aromatic carbocycles. The second kappa shape index (κ2) is 14.1. The number of pyridine rings is 1. The zero-order valence-corrected chi connectivity index (χ0v) is 26.2. The fourth-order valence-corrected chi connectivity index (χ4v) is 6.57. The molecule has 0 unspecified atom stereocenters. The summed E-state index contributed by atoms with van der Waals surface area (Å²) < 4.78 is 7.28. The second-order valence-electron chi connectivity index (χ2n) is 11.7. The molecule has 2 N–H and O–H groups in total. The Morgan fingerprint density at radius 1 is 0.956 bits per heavy atom. The van der Waals surface area contributed by atoms with Crippen LogP contribution in [0, 0.1) is 0 Å². The van der Waals surface area contributed by atoms with Crippen molar-refractivity contribution in [1.82, 2.24) is 19.8 Å². The lowest BCUT2D eigenvalue weighted by Crippen LogP contribution is -2.43. The number of ether oxygens (including phenoxy) is 1. The van der Waals surface area contributed by atoms with Gasteiger partial charge in [-0.2, -0.15) is 0 Å². The van der Waals surface area contributed by atoms with Crippen molar-refractivity contribution in [2.75, 3.05) is 68.1 Å². The van der Waals surface area contributed by atoms with E-state index in [0.29, 0.717) is 37.2 Å². The third kappa shape index (κ3) is 6.97. The van der Waals surface area contributed by atoms with Crippen LogP contribution in [0.15, 0.2) is 73.1 Å². The molecular formula is C35H43N7O3. The van der Waals surface area contributed by atoms with Crippen LogP contribution in [0.4, 0.5) is 27.7 Å². The number of fused-ring (bicyclic) bond motifs is 1. The summed E-state index contributed by atoms with van der Waals surface area (Å²) in [5, 5.41) is 6.60. The Morgan fingerprint density at radius 3 is 2.44 bits per heavy atom. The maximum Gasteiger partial charge on any atom is 0.325 e. The van der Waals surface area contributed by atoms with Crippen LogP contribution in [-0.4, -0.2) is 85.4 Å². The van der Waals surface area contributed by atoms with Gasteiger partial charge in [0, 0.05) is 85.8 Å². The number of nitrogens with one attached hydrogen (secondary N) is 2. The topological polar surface area (TPSA) is 95.0 Å². The molecule has 2 aliphatic rings. The Balaban J connectivity index is 1.14. The second-order valence-corrected chi connectivity index (χ2v) is 11.7. The van der Waals surface area contributed by atoms with Gasteiger partial charge in [0.15, 0.2) is 0 Å². The lowest BCUT2D eigenvalue weighted by molar-refractivity contribution is 0.102. The molecule has 6 rings (SSSR count). The van der Waals surface area contributed by atoms with Gasteiger partial charge in [-0.05, 0) is 100 Å². The van der Waals surface area contributed by atoms with Crippen molar-refractivity contribution < 1.29 is 14.3 Å². The molecule has 4 heterocycles. The number of amides is 2. The minimum absolute atomic E-state index is 0.187. The Hall–Kier alpha value is -4.41. The molecule has 0 aliphatic carbocycles. The number of benzene rings is 2. The summed E-state index contributed by atoms with van der Waals surface area (Å²) >= 11 is 0. The Kier molecular flexibility index (Phi) is 9.61. The summed E-state index contributed by atoms with van der Waals surface area (Å²) in [6.07, 6.45) is 8.53. The normalized spacial score (nSPS) is 15.8. The average molecular weight is 610 g/mol. The van der Waals surface area contributed by atoms with Gasteiger partial charge in [0.2, 0.25) is 0 Å². The van der Waals surface area contributed by atoms with Gasteiger partial charge in [0.1, 0.15) is 5.82 Å². The molecule has 2 amide bonds. The maximum atomic E-state index is 13.2. The fraction of sp³-hybridized carbons (Fsp3) is 0.400. The van der Waals surface area contributed by atoms with E-state index in [2.05, 4.69) is 48.5 Å². The number of likely N-dealkylation sites (tertiary alicyclic amines) is 1. The first-order chi connectivity index (χ1) is 22.0.